The molecule has 0 fully saturated rings. The van der Waals surface area contributed by atoms with Gasteiger partial charge in [0, 0.05) is 24.7 Å². The summed E-state index contributed by atoms with van der Waals surface area (Å²) in [5.41, 5.74) is 0.622. The zero-order chi connectivity index (χ0) is 16.8. The molecule has 0 radical (unpaired) electrons. The molecule has 2 N–H and O–H groups in total. The lowest BCUT2D eigenvalue weighted by atomic mass is 10.2. The van der Waals surface area contributed by atoms with E-state index in [1.54, 1.807) is 24.3 Å². The summed E-state index contributed by atoms with van der Waals surface area (Å²) in [5.74, 6) is 0. The molecule has 0 saturated carbocycles. The van der Waals surface area contributed by atoms with Gasteiger partial charge in [0.2, 0.25) is 0 Å². The quantitative estimate of drug-likeness (QED) is 0.837. The van der Waals surface area contributed by atoms with Crippen LogP contribution in [0.5, 0.6) is 0 Å². The fourth-order valence-corrected chi connectivity index (χ4v) is 1.90. The number of carbonyl (C=O) groups is 1. The van der Waals surface area contributed by atoms with Crippen LogP contribution in [0.3, 0.4) is 0 Å². The second-order valence-corrected chi connectivity index (χ2v) is 5.21. The van der Waals surface area contributed by atoms with Crippen molar-refractivity contribution in [3.05, 3.63) is 34.9 Å². The van der Waals surface area contributed by atoms with Gasteiger partial charge in [0.15, 0.2) is 0 Å². The van der Waals surface area contributed by atoms with E-state index in [9.17, 15) is 18.0 Å². The van der Waals surface area contributed by atoms with E-state index in [0.717, 1.165) is 6.92 Å². The van der Waals surface area contributed by atoms with Gasteiger partial charge >= 0.3 is 12.2 Å². The minimum atomic E-state index is -4.51. The molecule has 2 amide bonds. The van der Waals surface area contributed by atoms with Crippen LogP contribution in [0, 0.1) is 0 Å². The van der Waals surface area contributed by atoms with Gasteiger partial charge in [-0.25, -0.2) is 4.79 Å². The third kappa shape index (κ3) is 5.73. The largest absolute Gasteiger partial charge is 0.408 e. The minimum absolute atomic E-state index is 0.0656. The Morgan fingerprint density at radius 1 is 1.41 bits per heavy atom. The molecule has 0 aliphatic carbocycles. The molecule has 1 aromatic carbocycles. The third-order valence-electron chi connectivity index (χ3n) is 3.02. The van der Waals surface area contributed by atoms with E-state index in [1.165, 1.54) is 4.90 Å². The number of urea groups is 1. The van der Waals surface area contributed by atoms with Crippen molar-refractivity contribution in [2.45, 2.75) is 32.1 Å². The zero-order valence-electron chi connectivity index (χ0n) is 12.0. The molecular formula is C14H18ClF3N2O2. The molecule has 0 aromatic heterocycles. The van der Waals surface area contributed by atoms with Crippen molar-refractivity contribution >= 4 is 17.6 Å². The van der Waals surface area contributed by atoms with Crippen LogP contribution in [0.4, 0.5) is 18.0 Å². The molecule has 0 saturated heterocycles. The monoisotopic (exact) mass is 338 g/mol. The Balaban J connectivity index is 2.79. The Kier molecular flexibility index (Phi) is 6.96. The van der Waals surface area contributed by atoms with E-state index in [2.05, 4.69) is 0 Å². The van der Waals surface area contributed by atoms with E-state index in [4.69, 9.17) is 16.7 Å². The molecule has 22 heavy (non-hydrogen) atoms. The molecule has 124 valence electrons. The maximum Gasteiger partial charge on any atom is 0.408 e. The maximum absolute atomic E-state index is 12.5. The Hall–Kier alpha value is -1.47. The zero-order valence-corrected chi connectivity index (χ0v) is 12.8. The highest BCUT2D eigenvalue weighted by molar-refractivity contribution is 6.31. The normalized spacial score (nSPS) is 12.8. The van der Waals surface area contributed by atoms with Gasteiger partial charge in [0.1, 0.15) is 6.04 Å². The van der Waals surface area contributed by atoms with Gasteiger partial charge in [-0.05, 0) is 25.0 Å². The number of aliphatic hydroxyl groups is 1. The van der Waals surface area contributed by atoms with Crippen molar-refractivity contribution in [3.63, 3.8) is 0 Å². The number of nitrogens with one attached hydrogen (secondary N) is 1. The number of carbonyl (C=O) groups excluding carboxylic acids is 1. The van der Waals surface area contributed by atoms with Crippen LogP contribution < -0.4 is 5.32 Å². The first-order valence-electron chi connectivity index (χ1n) is 6.72. The standard InChI is InChI=1S/C14H18ClF3N2O2/c1-10(14(16,17)18)19-13(22)20(7-4-8-21)9-11-5-2-3-6-12(11)15/h2-3,5-6,10,21H,4,7-9H2,1H3,(H,19,22)/t10-/m0/s1. The smallest absolute Gasteiger partial charge is 0.396 e. The fraction of sp³-hybridized carbons (Fsp3) is 0.500. The number of halogens is 4. The summed E-state index contributed by atoms with van der Waals surface area (Å²) in [7, 11) is 0. The summed E-state index contributed by atoms with van der Waals surface area (Å²) in [4.78, 5) is 13.2. The number of alkyl halides is 3. The molecule has 0 aliphatic heterocycles. The van der Waals surface area contributed by atoms with Crippen molar-refractivity contribution in [2.75, 3.05) is 13.2 Å². The molecular weight excluding hydrogens is 321 g/mol. The Morgan fingerprint density at radius 3 is 2.59 bits per heavy atom. The van der Waals surface area contributed by atoms with Gasteiger partial charge in [-0.2, -0.15) is 13.2 Å². The predicted molar refractivity (Wildman–Crippen MR) is 77.6 cm³/mol. The summed E-state index contributed by atoms with van der Waals surface area (Å²) in [6, 6.07) is 3.96. The van der Waals surface area contributed by atoms with Gasteiger partial charge in [0.05, 0.1) is 0 Å². The number of hydrogen-bond donors (Lipinski definition) is 2. The van der Waals surface area contributed by atoms with E-state index in [1.807, 2.05) is 5.32 Å². The first-order chi connectivity index (χ1) is 10.3. The van der Waals surface area contributed by atoms with Crippen LogP contribution in [-0.2, 0) is 6.54 Å². The number of amides is 2. The number of benzene rings is 1. The highest BCUT2D eigenvalue weighted by Gasteiger charge is 2.37. The Labute approximate surface area is 131 Å². The van der Waals surface area contributed by atoms with Gasteiger partial charge in [-0.1, -0.05) is 29.8 Å². The van der Waals surface area contributed by atoms with E-state index < -0.39 is 18.2 Å². The topological polar surface area (TPSA) is 52.6 Å². The van der Waals surface area contributed by atoms with E-state index in [0.29, 0.717) is 10.6 Å². The average molecular weight is 339 g/mol. The van der Waals surface area contributed by atoms with Crippen molar-refractivity contribution in [2.24, 2.45) is 0 Å². The van der Waals surface area contributed by atoms with Crippen LogP contribution in [0.25, 0.3) is 0 Å². The van der Waals surface area contributed by atoms with E-state index >= 15 is 0 Å². The van der Waals surface area contributed by atoms with Crippen LogP contribution in [-0.4, -0.2) is 41.4 Å². The molecule has 8 heteroatoms. The van der Waals surface area contributed by atoms with Crippen LogP contribution in [0.1, 0.15) is 18.9 Å². The lowest BCUT2D eigenvalue weighted by molar-refractivity contribution is -0.149. The van der Waals surface area contributed by atoms with Crippen molar-refractivity contribution in [1.29, 1.82) is 0 Å². The molecule has 0 aliphatic rings. The first kappa shape index (κ1) is 18.6. The summed E-state index contributed by atoms with van der Waals surface area (Å²) >= 11 is 6.00. The van der Waals surface area contributed by atoms with Gasteiger partial charge in [-0.3, -0.25) is 0 Å². The summed E-state index contributed by atoms with van der Waals surface area (Å²) in [5, 5.41) is 11.2. The van der Waals surface area contributed by atoms with E-state index in [-0.39, 0.29) is 26.1 Å². The van der Waals surface area contributed by atoms with Crippen LogP contribution >= 0.6 is 11.6 Å². The minimum Gasteiger partial charge on any atom is -0.396 e. The predicted octanol–water partition coefficient (Wildman–Crippen LogP) is 3.18. The van der Waals surface area contributed by atoms with Gasteiger partial charge in [0.25, 0.3) is 0 Å². The third-order valence-corrected chi connectivity index (χ3v) is 3.39. The highest BCUT2D eigenvalue weighted by atomic mass is 35.5. The molecule has 0 unspecified atom stereocenters. The van der Waals surface area contributed by atoms with Crippen molar-refractivity contribution < 1.29 is 23.1 Å². The van der Waals surface area contributed by atoms with Crippen LogP contribution in [0.15, 0.2) is 24.3 Å². The van der Waals surface area contributed by atoms with Gasteiger partial charge < -0.3 is 15.3 Å². The van der Waals surface area contributed by atoms with Crippen LogP contribution in [0.2, 0.25) is 5.02 Å². The van der Waals surface area contributed by atoms with Crippen molar-refractivity contribution in [3.8, 4) is 0 Å². The SMILES string of the molecule is C[C@H](NC(=O)N(CCCO)Cc1ccccc1Cl)C(F)(F)F. The Morgan fingerprint density at radius 2 is 2.05 bits per heavy atom. The van der Waals surface area contributed by atoms with Crippen molar-refractivity contribution in [1.82, 2.24) is 10.2 Å². The molecule has 0 bridgehead atoms. The number of aliphatic hydroxyl groups excluding tert-OH is 1. The Bertz CT molecular complexity index is 497. The summed E-state index contributed by atoms with van der Waals surface area (Å²) in [6.07, 6.45) is -4.25. The number of hydrogen-bond acceptors (Lipinski definition) is 2. The second-order valence-electron chi connectivity index (χ2n) is 4.80. The molecule has 1 rings (SSSR count). The number of nitrogens with zero attached hydrogens (tertiary/aromatic N) is 1. The molecule has 1 atom stereocenters. The highest BCUT2D eigenvalue weighted by Crippen LogP contribution is 2.21. The fourth-order valence-electron chi connectivity index (χ4n) is 1.70. The molecule has 0 heterocycles. The maximum atomic E-state index is 12.5. The second kappa shape index (κ2) is 8.24. The van der Waals surface area contributed by atoms with Gasteiger partial charge in [-0.15, -0.1) is 0 Å². The molecule has 0 spiro atoms. The lowest BCUT2D eigenvalue weighted by Crippen LogP contribution is -2.49. The molecule has 1 aromatic rings. The summed E-state index contributed by atoms with van der Waals surface area (Å²) < 4.78 is 37.6. The summed E-state index contributed by atoms with van der Waals surface area (Å²) in [6.45, 7) is 0.896. The average Bonchev–Trinajstić information content (AvgIpc) is 2.44. The lowest BCUT2D eigenvalue weighted by Gasteiger charge is -2.26. The first-order valence-corrected chi connectivity index (χ1v) is 7.10. The number of rotatable bonds is 6. The molecule has 4 nitrogen and oxygen atoms in total.